The molecule has 1 atom stereocenters. The molecule has 1 N–H and O–H groups in total. The van der Waals surface area contributed by atoms with Crippen LogP contribution < -0.4 is 5.32 Å². The van der Waals surface area contributed by atoms with Crippen LogP contribution in [0.2, 0.25) is 0 Å². The van der Waals surface area contributed by atoms with Crippen molar-refractivity contribution >= 4 is 17.2 Å². The predicted molar refractivity (Wildman–Crippen MR) is 81.3 cm³/mol. The second kappa shape index (κ2) is 6.04. The minimum Gasteiger partial charge on any atom is -0.382 e. The summed E-state index contributed by atoms with van der Waals surface area (Å²) in [6, 6.07) is 4.22. The fourth-order valence-corrected chi connectivity index (χ4v) is 3.68. The number of thiophene rings is 1. The SMILES string of the molecule is COCCOCCN1C(=O)C2(CC2)NC1c1ccc(C)s1. The van der Waals surface area contributed by atoms with Crippen molar-refractivity contribution in [2.75, 3.05) is 33.5 Å². The van der Waals surface area contributed by atoms with Crippen LogP contribution in [0, 0.1) is 6.92 Å². The van der Waals surface area contributed by atoms with Crippen molar-refractivity contribution in [1.82, 2.24) is 10.2 Å². The number of ether oxygens (including phenoxy) is 2. The number of rotatable bonds is 7. The number of carbonyl (C=O) groups is 1. The number of carbonyl (C=O) groups excluding carboxylic acids is 1. The lowest BCUT2D eigenvalue weighted by atomic mass is 10.3. The lowest BCUT2D eigenvalue weighted by Crippen LogP contribution is -2.34. The number of methoxy groups -OCH3 is 1. The van der Waals surface area contributed by atoms with Gasteiger partial charge in [0.1, 0.15) is 11.7 Å². The zero-order valence-corrected chi connectivity index (χ0v) is 13.4. The average molecular weight is 310 g/mol. The van der Waals surface area contributed by atoms with Crippen molar-refractivity contribution in [3.8, 4) is 0 Å². The van der Waals surface area contributed by atoms with Gasteiger partial charge < -0.3 is 14.4 Å². The zero-order valence-electron chi connectivity index (χ0n) is 12.6. The molecule has 1 aromatic rings. The maximum absolute atomic E-state index is 12.6. The van der Waals surface area contributed by atoms with Crippen molar-refractivity contribution in [3.05, 3.63) is 21.9 Å². The van der Waals surface area contributed by atoms with Crippen LogP contribution in [0.3, 0.4) is 0 Å². The van der Waals surface area contributed by atoms with Gasteiger partial charge in [-0.3, -0.25) is 10.1 Å². The molecule has 116 valence electrons. The fourth-order valence-electron chi connectivity index (χ4n) is 2.74. The molecule has 1 unspecified atom stereocenters. The van der Waals surface area contributed by atoms with E-state index >= 15 is 0 Å². The van der Waals surface area contributed by atoms with Crippen LogP contribution in [-0.2, 0) is 14.3 Å². The maximum Gasteiger partial charge on any atom is 0.244 e. The van der Waals surface area contributed by atoms with E-state index in [4.69, 9.17) is 9.47 Å². The standard InChI is InChI=1S/C15H22N2O3S/c1-11-3-4-12(21-11)13-16-15(5-6-15)14(18)17(13)7-8-20-10-9-19-2/h3-4,13,16H,5-10H2,1-2H3. The average Bonchev–Trinajstić information content (AvgIpc) is 3.05. The normalized spacial score (nSPS) is 23.2. The van der Waals surface area contributed by atoms with Crippen molar-refractivity contribution in [3.63, 3.8) is 0 Å². The van der Waals surface area contributed by atoms with Crippen LogP contribution >= 0.6 is 11.3 Å². The van der Waals surface area contributed by atoms with Gasteiger partial charge in [0, 0.05) is 23.4 Å². The van der Waals surface area contributed by atoms with E-state index in [2.05, 4.69) is 24.4 Å². The molecular formula is C15H22N2O3S. The molecule has 3 rings (SSSR count). The largest absolute Gasteiger partial charge is 0.382 e. The van der Waals surface area contributed by atoms with E-state index in [9.17, 15) is 4.79 Å². The van der Waals surface area contributed by atoms with Crippen molar-refractivity contribution in [2.24, 2.45) is 0 Å². The first-order valence-corrected chi connectivity index (χ1v) is 8.20. The molecule has 1 amide bonds. The summed E-state index contributed by atoms with van der Waals surface area (Å²) >= 11 is 1.75. The topological polar surface area (TPSA) is 50.8 Å². The molecule has 1 aliphatic carbocycles. The van der Waals surface area contributed by atoms with Gasteiger partial charge in [-0.1, -0.05) is 0 Å². The smallest absolute Gasteiger partial charge is 0.244 e. The quantitative estimate of drug-likeness (QED) is 0.779. The summed E-state index contributed by atoms with van der Waals surface area (Å²) < 4.78 is 10.5. The third-order valence-corrected chi connectivity index (χ3v) is 5.14. The molecule has 0 bridgehead atoms. The first-order valence-electron chi connectivity index (χ1n) is 7.38. The Morgan fingerprint density at radius 3 is 2.81 bits per heavy atom. The van der Waals surface area contributed by atoms with Gasteiger partial charge in [0.25, 0.3) is 0 Å². The summed E-state index contributed by atoms with van der Waals surface area (Å²) in [6.07, 6.45) is 1.91. The minimum absolute atomic E-state index is 0.00438. The van der Waals surface area contributed by atoms with Gasteiger partial charge in [-0.25, -0.2) is 0 Å². The van der Waals surface area contributed by atoms with Gasteiger partial charge in [-0.2, -0.15) is 0 Å². The van der Waals surface area contributed by atoms with Crippen LogP contribution in [0.5, 0.6) is 0 Å². The highest BCUT2D eigenvalue weighted by atomic mass is 32.1. The van der Waals surface area contributed by atoms with E-state index in [1.165, 1.54) is 9.75 Å². The van der Waals surface area contributed by atoms with E-state index in [1.54, 1.807) is 18.4 Å². The van der Waals surface area contributed by atoms with Crippen molar-refractivity contribution in [2.45, 2.75) is 31.5 Å². The number of aryl methyl sites for hydroxylation is 1. The molecule has 1 aromatic heterocycles. The van der Waals surface area contributed by atoms with Crippen LogP contribution in [0.25, 0.3) is 0 Å². The van der Waals surface area contributed by atoms with Gasteiger partial charge in [-0.05, 0) is 31.9 Å². The highest BCUT2D eigenvalue weighted by molar-refractivity contribution is 7.12. The molecular weight excluding hydrogens is 288 g/mol. The minimum atomic E-state index is -0.283. The molecule has 0 radical (unpaired) electrons. The van der Waals surface area contributed by atoms with Gasteiger partial charge in [-0.15, -0.1) is 11.3 Å². The molecule has 1 saturated carbocycles. The summed E-state index contributed by atoms with van der Waals surface area (Å²) in [5, 5.41) is 3.53. The summed E-state index contributed by atoms with van der Waals surface area (Å²) in [7, 11) is 1.66. The van der Waals surface area contributed by atoms with E-state index in [0.29, 0.717) is 26.4 Å². The molecule has 6 heteroatoms. The third-order valence-electron chi connectivity index (χ3n) is 4.08. The summed E-state index contributed by atoms with van der Waals surface area (Å²) in [4.78, 5) is 17.0. The molecule has 21 heavy (non-hydrogen) atoms. The highest BCUT2D eigenvalue weighted by Gasteiger charge is 2.59. The fraction of sp³-hybridized carbons (Fsp3) is 0.667. The first-order chi connectivity index (χ1) is 10.2. The van der Waals surface area contributed by atoms with Crippen molar-refractivity contribution < 1.29 is 14.3 Å². The molecule has 5 nitrogen and oxygen atoms in total. The molecule has 2 fully saturated rings. The van der Waals surface area contributed by atoms with Crippen LogP contribution in [-0.4, -0.2) is 49.8 Å². The van der Waals surface area contributed by atoms with Crippen LogP contribution in [0.4, 0.5) is 0 Å². The Labute approximate surface area is 129 Å². The van der Waals surface area contributed by atoms with Crippen LogP contribution in [0.15, 0.2) is 12.1 Å². The molecule has 1 spiro atoms. The number of hydrogen-bond donors (Lipinski definition) is 1. The maximum atomic E-state index is 12.6. The zero-order chi connectivity index (χ0) is 14.9. The summed E-state index contributed by atoms with van der Waals surface area (Å²) in [5.41, 5.74) is -0.283. The summed E-state index contributed by atoms with van der Waals surface area (Å²) in [6.45, 7) is 4.42. The van der Waals surface area contributed by atoms with E-state index < -0.39 is 0 Å². The van der Waals surface area contributed by atoms with Gasteiger partial charge >= 0.3 is 0 Å². The second-order valence-electron chi connectivity index (χ2n) is 5.68. The van der Waals surface area contributed by atoms with E-state index in [1.807, 2.05) is 4.90 Å². The van der Waals surface area contributed by atoms with Crippen LogP contribution in [0.1, 0.15) is 28.8 Å². The number of nitrogens with zero attached hydrogens (tertiary/aromatic N) is 1. The molecule has 1 saturated heterocycles. The lowest BCUT2D eigenvalue weighted by Gasteiger charge is -2.23. The highest BCUT2D eigenvalue weighted by Crippen LogP contribution is 2.46. The van der Waals surface area contributed by atoms with E-state index in [-0.39, 0.29) is 17.6 Å². The van der Waals surface area contributed by atoms with Gasteiger partial charge in [0.05, 0.1) is 19.8 Å². The Kier molecular flexibility index (Phi) is 4.31. The molecule has 0 aromatic carbocycles. The number of nitrogens with one attached hydrogen (secondary N) is 1. The Bertz CT molecular complexity index is 513. The summed E-state index contributed by atoms with van der Waals surface area (Å²) in [5.74, 6) is 0.230. The Morgan fingerprint density at radius 1 is 1.38 bits per heavy atom. The Hall–Kier alpha value is -0.950. The Balaban J connectivity index is 1.64. The predicted octanol–water partition coefficient (Wildman–Crippen LogP) is 1.68. The van der Waals surface area contributed by atoms with Crippen molar-refractivity contribution in [1.29, 1.82) is 0 Å². The molecule has 2 aliphatic rings. The molecule has 2 heterocycles. The first kappa shape index (κ1) is 15.0. The van der Waals surface area contributed by atoms with Gasteiger partial charge in [0.15, 0.2) is 0 Å². The lowest BCUT2D eigenvalue weighted by molar-refractivity contribution is -0.131. The Morgan fingerprint density at radius 2 is 2.19 bits per heavy atom. The number of hydrogen-bond acceptors (Lipinski definition) is 5. The molecule has 1 aliphatic heterocycles. The second-order valence-corrected chi connectivity index (χ2v) is 7.00. The monoisotopic (exact) mass is 310 g/mol. The van der Waals surface area contributed by atoms with Gasteiger partial charge in [0.2, 0.25) is 5.91 Å². The van der Waals surface area contributed by atoms with E-state index in [0.717, 1.165) is 12.8 Å². The third kappa shape index (κ3) is 2.99. The number of amides is 1.